The first kappa shape index (κ1) is 28.6. The first-order chi connectivity index (χ1) is 19.6. The summed E-state index contributed by atoms with van der Waals surface area (Å²) in [5.41, 5.74) is 0.283. The van der Waals surface area contributed by atoms with Crippen molar-refractivity contribution in [3.05, 3.63) is 35.9 Å². The molecule has 1 N–H and O–H groups in total. The van der Waals surface area contributed by atoms with E-state index >= 15 is 0 Å². The molecule has 41 heavy (non-hydrogen) atoms. The molecule has 0 radical (unpaired) electrons. The number of carbonyl (C=O) groups is 3. The zero-order valence-corrected chi connectivity index (χ0v) is 24.4. The highest BCUT2D eigenvalue weighted by atomic mass is 19.3. The third-order valence-electron chi connectivity index (χ3n) is 10.4. The van der Waals surface area contributed by atoms with E-state index in [0.717, 1.165) is 37.8 Å². The number of piperidine rings is 1. The van der Waals surface area contributed by atoms with Gasteiger partial charge in [-0.15, -0.1) is 0 Å². The number of amides is 4. The number of fused-ring (bicyclic) bond motifs is 2. The Hall–Kier alpha value is -2.55. The smallest absolute Gasteiger partial charge is 0.327 e. The Labute approximate surface area is 242 Å². The fraction of sp³-hybridized carbons (Fsp3) is 0.719. The summed E-state index contributed by atoms with van der Waals surface area (Å²) in [6.07, 6.45) is 6.29. The van der Waals surface area contributed by atoms with E-state index in [1.54, 1.807) is 0 Å². The molecule has 5 aliphatic rings. The van der Waals surface area contributed by atoms with Crippen molar-refractivity contribution in [3.63, 3.8) is 0 Å². The van der Waals surface area contributed by atoms with E-state index in [2.05, 4.69) is 10.2 Å². The molecule has 224 valence electrons. The van der Waals surface area contributed by atoms with E-state index in [4.69, 9.17) is 0 Å². The molecular weight excluding hydrogens is 526 g/mol. The molecular formula is C32H44F2N4O3. The van der Waals surface area contributed by atoms with Crippen molar-refractivity contribution >= 4 is 17.8 Å². The summed E-state index contributed by atoms with van der Waals surface area (Å²) in [5.74, 6) is -2.67. The van der Waals surface area contributed by atoms with Gasteiger partial charge in [-0.3, -0.25) is 19.4 Å². The first-order valence-corrected chi connectivity index (χ1v) is 15.7. The fourth-order valence-electron chi connectivity index (χ4n) is 7.96. The topological polar surface area (TPSA) is 73.0 Å². The van der Waals surface area contributed by atoms with Crippen LogP contribution in [0, 0.1) is 11.8 Å². The van der Waals surface area contributed by atoms with E-state index in [9.17, 15) is 23.2 Å². The van der Waals surface area contributed by atoms with Gasteiger partial charge in [-0.25, -0.2) is 13.6 Å². The van der Waals surface area contributed by atoms with Crippen LogP contribution in [-0.2, 0) is 9.59 Å². The summed E-state index contributed by atoms with van der Waals surface area (Å²) in [6.45, 7) is 5.30. The van der Waals surface area contributed by atoms with Gasteiger partial charge in [-0.1, -0.05) is 30.3 Å². The normalized spacial score (nSPS) is 31.0. The second kappa shape index (κ2) is 10.9. The Balaban J connectivity index is 1.15. The quantitative estimate of drug-likeness (QED) is 0.398. The Bertz CT molecular complexity index is 1130. The molecule has 2 saturated carbocycles. The second-order valence-corrected chi connectivity index (χ2v) is 13.6. The number of alkyl halides is 2. The molecule has 0 aromatic heterocycles. The molecule has 1 aromatic rings. The van der Waals surface area contributed by atoms with Crippen LogP contribution in [0.4, 0.5) is 13.6 Å². The Morgan fingerprint density at radius 1 is 0.976 bits per heavy atom. The van der Waals surface area contributed by atoms with Crippen LogP contribution in [-0.4, -0.2) is 75.2 Å². The minimum atomic E-state index is -2.66. The number of halogens is 2. The highest BCUT2D eigenvalue weighted by Gasteiger charge is 2.63. The van der Waals surface area contributed by atoms with Crippen molar-refractivity contribution in [2.24, 2.45) is 11.8 Å². The Morgan fingerprint density at radius 2 is 1.61 bits per heavy atom. The van der Waals surface area contributed by atoms with Gasteiger partial charge < -0.3 is 10.2 Å². The molecule has 7 nitrogen and oxygen atoms in total. The molecule has 5 fully saturated rings. The molecule has 2 unspecified atom stereocenters. The molecule has 3 aliphatic heterocycles. The van der Waals surface area contributed by atoms with Crippen molar-refractivity contribution in [1.82, 2.24) is 20.0 Å². The number of nitrogens with zero attached hydrogens (tertiary/aromatic N) is 3. The molecule has 1 aromatic carbocycles. The number of rotatable bonds is 9. The Kier molecular flexibility index (Phi) is 7.62. The summed E-state index contributed by atoms with van der Waals surface area (Å²) in [6, 6.07) is 9.84. The number of nitrogens with one attached hydrogen (secondary N) is 1. The summed E-state index contributed by atoms with van der Waals surface area (Å²) < 4.78 is 27.4. The Morgan fingerprint density at radius 3 is 2.20 bits per heavy atom. The number of hydrogen-bond donors (Lipinski definition) is 1. The van der Waals surface area contributed by atoms with Gasteiger partial charge in [0.05, 0.1) is 6.04 Å². The lowest BCUT2D eigenvalue weighted by molar-refractivity contribution is -0.138. The predicted octanol–water partition coefficient (Wildman–Crippen LogP) is 5.51. The summed E-state index contributed by atoms with van der Waals surface area (Å²) in [5, 5.41) is 3.21. The van der Waals surface area contributed by atoms with Crippen LogP contribution in [0.5, 0.6) is 0 Å². The average molecular weight is 571 g/mol. The maximum absolute atomic E-state index is 13.9. The van der Waals surface area contributed by atoms with Crippen LogP contribution in [0.3, 0.4) is 0 Å². The monoisotopic (exact) mass is 570 g/mol. The van der Waals surface area contributed by atoms with Gasteiger partial charge in [-0.05, 0) is 83.1 Å². The van der Waals surface area contributed by atoms with Crippen LogP contribution >= 0.6 is 0 Å². The van der Waals surface area contributed by atoms with Crippen LogP contribution < -0.4 is 5.32 Å². The average Bonchev–Trinajstić information content (AvgIpc) is 3.70. The van der Waals surface area contributed by atoms with Gasteiger partial charge in [0.25, 0.3) is 5.91 Å². The third-order valence-corrected chi connectivity index (χ3v) is 10.4. The van der Waals surface area contributed by atoms with Gasteiger partial charge in [0, 0.05) is 50.0 Å². The number of hydrogen-bond acceptors (Lipinski definition) is 4. The highest BCUT2D eigenvalue weighted by molar-refractivity contribution is 6.07. The number of imide groups is 1. The van der Waals surface area contributed by atoms with Crippen LogP contribution in [0.2, 0.25) is 0 Å². The first-order valence-electron chi connectivity index (χ1n) is 15.7. The molecule has 4 amide bonds. The SMILES string of the molecule is CC(C)N1C(=O)N(CC2CC2)C2(CC3CCC(C2)N3CC[C@H](NC(=O)C2CCC(F)(F)CC2)c2ccccc2)C1=O. The molecule has 6 rings (SSSR count). The third kappa shape index (κ3) is 5.51. The van der Waals surface area contributed by atoms with Crippen LogP contribution in [0.15, 0.2) is 30.3 Å². The molecule has 1 spiro atoms. The summed E-state index contributed by atoms with van der Waals surface area (Å²) in [4.78, 5) is 46.5. The van der Waals surface area contributed by atoms with Gasteiger partial charge >= 0.3 is 6.03 Å². The fourth-order valence-corrected chi connectivity index (χ4v) is 7.96. The van der Waals surface area contributed by atoms with E-state index in [-0.39, 0.29) is 73.6 Å². The van der Waals surface area contributed by atoms with E-state index in [1.165, 1.54) is 4.90 Å². The van der Waals surface area contributed by atoms with Crippen molar-refractivity contribution < 1.29 is 23.2 Å². The van der Waals surface area contributed by atoms with Crippen molar-refractivity contribution in [3.8, 4) is 0 Å². The summed E-state index contributed by atoms with van der Waals surface area (Å²) >= 11 is 0. The van der Waals surface area contributed by atoms with Crippen LogP contribution in [0.1, 0.15) is 96.1 Å². The van der Waals surface area contributed by atoms with E-state index < -0.39 is 11.5 Å². The highest BCUT2D eigenvalue weighted by Crippen LogP contribution is 2.49. The van der Waals surface area contributed by atoms with Crippen molar-refractivity contribution in [2.45, 2.75) is 120 Å². The minimum Gasteiger partial charge on any atom is -0.349 e. The largest absolute Gasteiger partial charge is 0.349 e. The molecule has 2 aliphatic carbocycles. The zero-order valence-electron chi connectivity index (χ0n) is 24.4. The number of urea groups is 1. The van der Waals surface area contributed by atoms with Gasteiger partial charge in [0.15, 0.2) is 0 Å². The maximum Gasteiger partial charge on any atom is 0.327 e. The van der Waals surface area contributed by atoms with Gasteiger partial charge in [0.1, 0.15) is 5.54 Å². The van der Waals surface area contributed by atoms with E-state index in [1.807, 2.05) is 49.1 Å². The lowest BCUT2D eigenvalue weighted by Gasteiger charge is -2.47. The van der Waals surface area contributed by atoms with Crippen LogP contribution in [0.25, 0.3) is 0 Å². The lowest BCUT2D eigenvalue weighted by Crippen LogP contribution is -2.60. The minimum absolute atomic E-state index is 0.0119. The molecule has 3 heterocycles. The molecule has 9 heteroatoms. The predicted molar refractivity (Wildman–Crippen MR) is 151 cm³/mol. The van der Waals surface area contributed by atoms with Gasteiger partial charge in [-0.2, -0.15) is 0 Å². The van der Waals surface area contributed by atoms with Crippen molar-refractivity contribution in [2.75, 3.05) is 13.1 Å². The molecule has 3 saturated heterocycles. The van der Waals surface area contributed by atoms with Crippen molar-refractivity contribution in [1.29, 1.82) is 0 Å². The van der Waals surface area contributed by atoms with E-state index in [0.29, 0.717) is 31.7 Å². The summed E-state index contributed by atoms with van der Waals surface area (Å²) in [7, 11) is 0. The molecule has 3 atom stereocenters. The maximum atomic E-state index is 13.9. The number of benzene rings is 1. The molecule has 2 bridgehead atoms. The second-order valence-electron chi connectivity index (χ2n) is 13.6. The lowest BCUT2D eigenvalue weighted by atomic mass is 9.80. The number of carbonyl (C=O) groups excluding carboxylic acids is 3. The van der Waals surface area contributed by atoms with Gasteiger partial charge in [0.2, 0.25) is 11.8 Å². The standard InChI is InChI=1S/C32H44F2N4O3/c1-21(2)38-29(40)31(37(30(38)41)20-22-8-9-22)18-25-10-11-26(19-31)36(25)17-14-27(23-6-4-3-5-7-23)35-28(39)24-12-15-32(33,34)16-13-24/h3-7,21-22,24-27H,8-20H2,1-2H3,(H,35,39)/t25?,26?,27-,31?/m0/s1. The zero-order chi connectivity index (χ0) is 28.9.